The molecule has 0 aliphatic heterocycles. The zero-order valence-corrected chi connectivity index (χ0v) is 12.4. The van der Waals surface area contributed by atoms with Crippen LogP contribution < -0.4 is 10.1 Å². The van der Waals surface area contributed by atoms with Crippen molar-refractivity contribution in [1.29, 1.82) is 0 Å². The van der Waals surface area contributed by atoms with Crippen LogP contribution in [0.25, 0.3) is 0 Å². The topological polar surface area (TPSA) is 76.5 Å². The Morgan fingerprint density at radius 2 is 1.96 bits per heavy atom. The molecule has 1 heterocycles. The molecule has 0 radical (unpaired) electrons. The van der Waals surface area contributed by atoms with Crippen LogP contribution in [0.5, 0.6) is 11.5 Å². The van der Waals surface area contributed by atoms with E-state index in [4.69, 9.17) is 4.74 Å². The molecule has 6 nitrogen and oxygen atoms in total. The molecule has 0 fully saturated rings. The van der Waals surface area contributed by atoms with Gasteiger partial charge in [0.05, 0.1) is 12.4 Å². The highest BCUT2D eigenvalue weighted by atomic mass is 19.1. The summed E-state index contributed by atoms with van der Waals surface area (Å²) in [5, 5.41) is 2.17. The Balaban J connectivity index is 2.26. The fourth-order valence-electron chi connectivity index (χ4n) is 1.68. The fourth-order valence-corrected chi connectivity index (χ4v) is 1.68. The van der Waals surface area contributed by atoms with E-state index < -0.39 is 23.4 Å². The number of nitrogens with one attached hydrogen (secondary N) is 1. The number of carbonyl (C=O) groups excluding carboxylic acids is 1. The Bertz CT molecular complexity index is 807. The molecule has 0 aliphatic carbocycles. The third kappa shape index (κ3) is 4.29. The summed E-state index contributed by atoms with van der Waals surface area (Å²) < 4.78 is 32.5. The molecule has 8 heteroatoms. The predicted octanol–water partition coefficient (Wildman–Crippen LogP) is 3.16. The quantitative estimate of drug-likeness (QED) is 0.652. The van der Waals surface area contributed by atoms with E-state index in [1.54, 1.807) is 0 Å². The van der Waals surface area contributed by atoms with E-state index in [0.29, 0.717) is 0 Å². The van der Waals surface area contributed by atoms with E-state index >= 15 is 0 Å². The predicted molar refractivity (Wildman–Crippen MR) is 83.9 cm³/mol. The Labute approximate surface area is 136 Å². The lowest BCUT2D eigenvalue weighted by Gasteiger charge is -2.09. The smallest absolute Gasteiger partial charge is 0.257 e. The van der Waals surface area contributed by atoms with E-state index in [9.17, 15) is 13.6 Å². The third-order valence-corrected chi connectivity index (χ3v) is 2.70. The number of amides is 1. The molecular weight excluding hydrogens is 318 g/mol. The molecular formula is C16H12F2N4O2. The van der Waals surface area contributed by atoms with Gasteiger partial charge in [0.2, 0.25) is 0 Å². The number of aromatic nitrogens is 2. The summed E-state index contributed by atoms with van der Waals surface area (Å²) >= 11 is 0. The van der Waals surface area contributed by atoms with E-state index in [0.717, 1.165) is 18.2 Å². The molecule has 0 saturated heterocycles. The fraction of sp³-hybridized carbons (Fsp3) is 0. The first-order valence-electron chi connectivity index (χ1n) is 6.57. The molecule has 0 bridgehead atoms. The van der Waals surface area contributed by atoms with Gasteiger partial charge in [-0.2, -0.15) is 0 Å². The minimum Gasteiger partial charge on any atom is -0.454 e. The van der Waals surface area contributed by atoms with Crippen LogP contribution in [0.2, 0.25) is 0 Å². The van der Waals surface area contributed by atoms with E-state index in [-0.39, 0.29) is 17.1 Å². The van der Waals surface area contributed by atoms with Gasteiger partial charge in [-0.25, -0.2) is 23.7 Å². The second-order valence-corrected chi connectivity index (χ2v) is 4.36. The molecule has 0 aliphatic rings. The Morgan fingerprint density at radius 3 is 2.58 bits per heavy atom. The van der Waals surface area contributed by atoms with Gasteiger partial charge in [-0.1, -0.05) is 6.58 Å². The summed E-state index contributed by atoms with van der Waals surface area (Å²) in [5.74, 6) is -2.47. The van der Waals surface area contributed by atoms with E-state index in [1.807, 2.05) is 0 Å². The standard InChI is InChI=1S/C16H12F2N4O2/c1-3-14(18)15(19-2)22-16(23)10-4-11(17)6-12(5-10)24-13-7-20-9-21-8-13/h3-9H,1-2H2,(H,22,23)/b15-14-. The van der Waals surface area contributed by atoms with Gasteiger partial charge < -0.3 is 10.1 Å². The SMILES string of the molecule is C=C/C(F)=C(\N=C)NC(=O)c1cc(F)cc(Oc2cncnc2)c1. The Hall–Kier alpha value is -3.42. The number of nitrogens with zero attached hydrogens (tertiary/aromatic N) is 3. The van der Waals surface area contributed by atoms with Crippen LogP contribution in [-0.4, -0.2) is 22.6 Å². The lowest BCUT2D eigenvalue weighted by molar-refractivity contribution is 0.0963. The molecule has 1 aromatic heterocycles. The van der Waals surface area contributed by atoms with Crippen LogP contribution in [0.4, 0.5) is 8.78 Å². The van der Waals surface area contributed by atoms with Crippen molar-refractivity contribution in [1.82, 2.24) is 15.3 Å². The van der Waals surface area contributed by atoms with Crippen LogP contribution >= 0.6 is 0 Å². The maximum absolute atomic E-state index is 13.7. The summed E-state index contributed by atoms with van der Waals surface area (Å²) in [6.45, 7) is 6.37. The van der Waals surface area contributed by atoms with E-state index in [1.165, 1.54) is 24.8 Å². The summed E-state index contributed by atoms with van der Waals surface area (Å²) in [4.78, 5) is 23.0. The number of halogens is 2. The number of aliphatic imine (C=N–C) groups is 1. The van der Waals surface area contributed by atoms with Crippen molar-refractivity contribution >= 4 is 12.6 Å². The molecule has 2 aromatic rings. The molecule has 122 valence electrons. The number of ether oxygens (including phenoxy) is 1. The molecule has 0 spiro atoms. The lowest BCUT2D eigenvalue weighted by Crippen LogP contribution is -2.22. The molecule has 24 heavy (non-hydrogen) atoms. The molecule has 0 saturated carbocycles. The molecule has 1 N–H and O–H groups in total. The molecule has 0 atom stereocenters. The lowest BCUT2D eigenvalue weighted by atomic mass is 10.2. The number of carbonyl (C=O) groups is 1. The maximum Gasteiger partial charge on any atom is 0.257 e. The Morgan fingerprint density at radius 1 is 1.25 bits per heavy atom. The summed E-state index contributed by atoms with van der Waals surface area (Å²) in [6.07, 6.45) is 4.92. The number of hydrogen-bond donors (Lipinski definition) is 1. The van der Waals surface area contributed by atoms with Crippen molar-refractivity contribution in [2.45, 2.75) is 0 Å². The number of benzene rings is 1. The zero-order valence-electron chi connectivity index (χ0n) is 12.4. The third-order valence-electron chi connectivity index (χ3n) is 2.70. The van der Waals surface area contributed by atoms with Crippen molar-refractivity contribution in [3.05, 3.63) is 72.6 Å². The molecule has 0 unspecified atom stereocenters. The monoisotopic (exact) mass is 330 g/mol. The molecule has 2 rings (SSSR count). The van der Waals surface area contributed by atoms with Gasteiger partial charge in [-0.15, -0.1) is 0 Å². The maximum atomic E-state index is 13.7. The van der Waals surface area contributed by atoms with Gasteiger partial charge in [0, 0.05) is 11.6 Å². The average molecular weight is 330 g/mol. The van der Waals surface area contributed by atoms with Gasteiger partial charge >= 0.3 is 0 Å². The second kappa shape index (κ2) is 7.73. The van der Waals surface area contributed by atoms with Crippen molar-refractivity contribution in [3.8, 4) is 11.5 Å². The number of hydrogen-bond acceptors (Lipinski definition) is 5. The first kappa shape index (κ1) is 16.9. The van der Waals surface area contributed by atoms with Crippen LogP contribution in [0.3, 0.4) is 0 Å². The largest absolute Gasteiger partial charge is 0.454 e. The minimum atomic E-state index is -0.868. The minimum absolute atomic E-state index is 0.0521. The van der Waals surface area contributed by atoms with Gasteiger partial charge in [0.1, 0.15) is 17.9 Å². The van der Waals surface area contributed by atoms with Crippen molar-refractivity contribution in [2.24, 2.45) is 4.99 Å². The highest BCUT2D eigenvalue weighted by Gasteiger charge is 2.13. The van der Waals surface area contributed by atoms with Crippen LogP contribution in [-0.2, 0) is 0 Å². The van der Waals surface area contributed by atoms with Crippen molar-refractivity contribution in [3.63, 3.8) is 0 Å². The van der Waals surface area contributed by atoms with E-state index in [2.05, 4.69) is 33.6 Å². The van der Waals surface area contributed by atoms with Gasteiger partial charge in [-0.05, 0) is 24.9 Å². The van der Waals surface area contributed by atoms with Gasteiger partial charge in [0.25, 0.3) is 5.91 Å². The Kier molecular flexibility index (Phi) is 5.45. The summed E-state index contributed by atoms with van der Waals surface area (Å²) in [6, 6.07) is 3.32. The van der Waals surface area contributed by atoms with Crippen molar-refractivity contribution < 1.29 is 18.3 Å². The zero-order chi connectivity index (χ0) is 17.5. The highest BCUT2D eigenvalue weighted by molar-refractivity contribution is 5.95. The van der Waals surface area contributed by atoms with Crippen molar-refractivity contribution in [2.75, 3.05) is 0 Å². The van der Waals surface area contributed by atoms with Crippen LogP contribution in [0.15, 0.2) is 66.2 Å². The highest BCUT2D eigenvalue weighted by Crippen LogP contribution is 2.22. The second-order valence-electron chi connectivity index (χ2n) is 4.36. The van der Waals surface area contributed by atoms with Crippen LogP contribution in [0, 0.1) is 5.82 Å². The van der Waals surface area contributed by atoms with Gasteiger partial charge in [-0.3, -0.25) is 4.79 Å². The normalized spacial score (nSPS) is 11.2. The first-order chi connectivity index (χ1) is 11.5. The number of allylic oxidation sites excluding steroid dienone is 2. The summed E-state index contributed by atoms with van der Waals surface area (Å²) in [5.41, 5.74) is -0.0974. The first-order valence-corrected chi connectivity index (χ1v) is 6.57. The number of rotatable bonds is 6. The van der Waals surface area contributed by atoms with Gasteiger partial charge in [0.15, 0.2) is 17.4 Å². The summed E-state index contributed by atoms with van der Waals surface area (Å²) in [7, 11) is 0. The van der Waals surface area contributed by atoms with Crippen LogP contribution in [0.1, 0.15) is 10.4 Å². The molecule has 1 aromatic carbocycles. The molecule has 1 amide bonds. The average Bonchev–Trinajstić information content (AvgIpc) is 2.59.